The van der Waals surface area contributed by atoms with Gasteiger partial charge in [-0.3, -0.25) is 4.79 Å². The summed E-state index contributed by atoms with van der Waals surface area (Å²) in [7, 11) is 0.488. The Balaban J connectivity index is 1.64. The first-order chi connectivity index (χ1) is 16.3. The number of H-pyrrole nitrogens is 1. The van der Waals surface area contributed by atoms with Gasteiger partial charge in [0.25, 0.3) is 5.91 Å². The maximum atomic E-state index is 13.1. The number of nitrogens with one attached hydrogen (secondary N) is 2. The lowest BCUT2D eigenvalue weighted by atomic mass is 9.91. The Morgan fingerprint density at radius 3 is 2.44 bits per heavy atom. The number of aromatic amines is 1. The minimum absolute atomic E-state index is 0.0520. The standard InChI is InChI=1S/C26H27N3O4S/c1-29(2)34(31,32)25-15-19(13-14-24(25)33-3)26(30)28-16-21(18-9-5-4-6-10-18)22-17-27-23-12-8-7-11-20(22)23/h4-15,17,21,27H,16H2,1-3H3,(H,28,30). The van der Waals surface area contributed by atoms with E-state index in [0.717, 1.165) is 26.3 Å². The molecule has 0 aliphatic rings. The smallest absolute Gasteiger partial charge is 0.251 e. The fourth-order valence-corrected chi connectivity index (χ4v) is 5.06. The molecule has 0 bridgehead atoms. The molecule has 2 N–H and O–H groups in total. The van der Waals surface area contributed by atoms with Gasteiger partial charge < -0.3 is 15.0 Å². The van der Waals surface area contributed by atoms with Gasteiger partial charge >= 0.3 is 0 Å². The van der Waals surface area contributed by atoms with Crippen LogP contribution in [0.3, 0.4) is 0 Å². The molecule has 176 valence electrons. The van der Waals surface area contributed by atoms with Crippen molar-refractivity contribution in [2.45, 2.75) is 10.8 Å². The van der Waals surface area contributed by atoms with Gasteiger partial charge in [0.1, 0.15) is 10.6 Å². The van der Waals surface area contributed by atoms with Gasteiger partial charge in [0.05, 0.1) is 7.11 Å². The van der Waals surface area contributed by atoms with Crippen molar-refractivity contribution in [3.63, 3.8) is 0 Å². The van der Waals surface area contributed by atoms with E-state index in [9.17, 15) is 13.2 Å². The number of hydrogen-bond donors (Lipinski definition) is 2. The third kappa shape index (κ3) is 4.55. The Kier molecular flexibility index (Phi) is 6.72. The molecule has 1 unspecified atom stereocenters. The molecule has 34 heavy (non-hydrogen) atoms. The van der Waals surface area contributed by atoms with Crippen LogP contribution in [-0.4, -0.2) is 51.4 Å². The molecular weight excluding hydrogens is 450 g/mol. The molecule has 0 saturated carbocycles. The van der Waals surface area contributed by atoms with Gasteiger partial charge in [-0.1, -0.05) is 48.5 Å². The van der Waals surface area contributed by atoms with E-state index in [1.807, 2.05) is 54.7 Å². The molecule has 3 aromatic carbocycles. The second-order valence-corrected chi connectivity index (χ2v) is 10.2. The summed E-state index contributed by atoms with van der Waals surface area (Å²) in [6.07, 6.45) is 1.98. The second-order valence-electron chi connectivity index (χ2n) is 8.12. The fraction of sp³-hybridized carbons (Fsp3) is 0.192. The van der Waals surface area contributed by atoms with Gasteiger partial charge in [-0.2, -0.15) is 0 Å². The lowest BCUT2D eigenvalue weighted by Crippen LogP contribution is -2.29. The molecule has 0 spiro atoms. The maximum Gasteiger partial charge on any atom is 0.251 e. The summed E-state index contributed by atoms with van der Waals surface area (Å²) in [4.78, 5) is 16.3. The number of aromatic nitrogens is 1. The predicted octanol–water partition coefficient (Wildman–Crippen LogP) is 3.99. The Morgan fingerprint density at radius 1 is 1.03 bits per heavy atom. The molecule has 0 radical (unpaired) electrons. The van der Waals surface area contributed by atoms with Crippen LogP contribution in [0.1, 0.15) is 27.4 Å². The molecule has 4 rings (SSSR count). The van der Waals surface area contributed by atoms with Crippen molar-refractivity contribution >= 4 is 26.8 Å². The number of benzene rings is 3. The quantitative estimate of drug-likeness (QED) is 0.401. The third-order valence-corrected chi connectivity index (χ3v) is 7.69. The molecule has 8 heteroatoms. The normalized spacial score (nSPS) is 12.6. The van der Waals surface area contributed by atoms with E-state index in [4.69, 9.17) is 4.74 Å². The summed E-state index contributed by atoms with van der Waals surface area (Å²) < 4.78 is 31.8. The number of fused-ring (bicyclic) bond motifs is 1. The lowest BCUT2D eigenvalue weighted by molar-refractivity contribution is 0.0952. The van der Waals surface area contributed by atoms with Crippen LogP contribution in [0.25, 0.3) is 10.9 Å². The summed E-state index contributed by atoms with van der Waals surface area (Å²) >= 11 is 0. The summed E-state index contributed by atoms with van der Waals surface area (Å²) in [6, 6.07) is 22.4. The van der Waals surface area contributed by atoms with Gasteiger partial charge in [-0.05, 0) is 35.4 Å². The van der Waals surface area contributed by atoms with Crippen LogP contribution < -0.4 is 10.1 Å². The Bertz CT molecular complexity index is 1410. The van der Waals surface area contributed by atoms with Crippen molar-refractivity contribution in [3.8, 4) is 5.75 Å². The summed E-state index contributed by atoms with van der Waals surface area (Å²) in [5.74, 6) is -0.269. The van der Waals surface area contributed by atoms with Crippen LogP contribution in [0, 0.1) is 0 Å². The molecular formula is C26H27N3O4S. The van der Waals surface area contributed by atoms with Gasteiger partial charge in [0.2, 0.25) is 10.0 Å². The second kappa shape index (κ2) is 9.70. The topological polar surface area (TPSA) is 91.5 Å². The summed E-state index contributed by atoms with van der Waals surface area (Å²) in [5.41, 5.74) is 3.41. The number of ether oxygens (including phenoxy) is 1. The number of hydrogen-bond acceptors (Lipinski definition) is 4. The van der Waals surface area contributed by atoms with Gasteiger partial charge in [-0.15, -0.1) is 0 Å². The van der Waals surface area contributed by atoms with E-state index in [2.05, 4.69) is 16.4 Å². The van der Waals surface area contributed by atoms with Crippen LogP contribution in [0.5, 0.6) is 5.75 Å². The number of rotatable bonds is 8. The fourth-order valence-electron chi connectivity index (χ4n) is 3.99. The number of carbonyl (C=O) groups excluding carboxylic acids is 1. The molecule has 1 amide bonds. The van der Waals surface area contributed by atoms with Crippen LogP contribution in [0.15, 0.2) is 83.9 Å². The highest BCUT2D eigenvalue weighted by Crippen LogP contribution is 2.31. The van der Waals surface area contributed by atoms with Crippen LogP contribution >= 0.6 is 0 Å². The Labute approximate surface area is 199 Å². The van der Waals surface area contributed by atoms with E-state index in [-0.39, 0.29) is 28.0 Å². The molecule has 0 saturated heterocycles. The molecule has 1 heterocycles. The van der Waals surface area contributed by atoms with Gasteiger partial charge in [0, 0.05) is 49.2 Å². The van der Waals surface area contributed by atoms with Crippen LogP contribution in [-0.2, 0) is 10.0 Å². The summed E-state index contributed by atoms with van der Waals surface area (Å²) in [5, 5.41) is 4.09. The monoisotopic (exact) mass is 477 g/mol. The zero-order chi connectivity index (χ0) is 24.3. The molecule has 0 fully saturated rings. The lowest BCUT2D eigenvalue weighted by Gasteiger charge is -2.19. The third-order valence-electron chi connectivity index (χ3n) is 5.85. The first-order valence-corrected chi connectivity index (χ1v) is 12.3. The van der Waals surface area contributed by atoms with Crippen molar-refractivity contribution in [1.82, 2.24) is 14.6 Å². The average molecular weight is 478 g/mol. The largest absolute Gasteiger partial charge is 0.495 e. The minimum atomic E-state index is -3.79. The SMILES string of the molecule is COc1ccc(C(=O)NCC(c2ccccc2)c2c[nH]c3ccccc23)cc1S(=O)(=O)N(C)C. The van der Waals surface area contributed by atoms with Crippen molar-refractivity contribution < 1.29 is 17.9 Å². The molecule has 4 aromatic rings. The Hall–Kier alpha value is -3.62. The number of sulfonamides is 1. The van der Waals surface area contributed by atoms with Crippen molar-refractivity contribution in [3.05, 3.63) is 95.7 Å². The number of carbonyl (C=O) groups is 1. The zero-order valence-corrected chi connectivity index (χ0v) is 20.1. The highest BCUT2D eigenvalue weighted by Gasteiger charge is 2.25. The highest BCUT2D eigenvalue weighted by molar-refractivity contribution is 7.89. The number of nitrogens with zero attached hydrogens (tertiary/aromatic N) is 1. The van der Waals surface area contributed by atoms with E-state index in [1.54, 1.807) is 6.07 Å². The minimum Gasteiger partial charge on any atom is -0.495 e. The first kappa shape index (κ1) is 23.5. The predicted molar refractivity (Wildman–Crippen MR) is 133 cm³/mol. The maximum absolute atomic E-state index is 13.1. The van der Waals surface area contributed by atoms with Crippen molar-refractivity contribution in [2.75, 3.05) is 27.7 Å². The van der Waals surface area contributed by atoms with Crippen molar-refractivity contribution in [2.24, 2.45) is 0 Å². The van der Waals surface area contributed by atoms with E-state index in [1.165, 1.54) is 33.3 Å². The van der Waals surface area contributed by atoms with E-state index >= 15 is 0 Å². The number of amides is 1. The first-order valence-electron chi connectivity index (χ1n) is 10.8. The zero-order valence-electron chi connectivity index (χ0n) is 19.3. The molecule has 1 aromatic heterocycles. The average Bonchev–Trinajstić information content (AvgIpc) is 3.28. The molecule has 7 nitrogen and oxygen atoms in total. The van der Waals surface area contributed by atoms with E-state index in [0.29, 0.717) is 6.54 Å². The van der Waals surface area contributed by atoms with Crippen LogP contribution in [0.4, 0.5) is 0 Å². The molecule has 0 aliphatic carbocycles. The number of methoxy groups -OCH3 is 1. The summed E-state index contributed by atoms with van der Waals surface area (Å²) in [6.45, 7) is 0.340. The Morgan fingerprint density at radius 2 is 1.74 bits per heavy atom. The molecule has 1 atom stereocenters. The number of para-hydroxylation sites is 1. The van der Waals surface area contributed by atoms with E-state index < -0.39 is 10.0 Å². The molecule has 0 aliphatic heterocycles. The highest BCUT2D eigenvalue weighted by atomic mass is 32.2. The van der Waals surface area contributed by atoms with Gasteiger partial charge in [-0.25, -0.2) is 12.7 Å². The van der Waals surface area contributed by atoms with Crippen LogP contribution in [0.2, 0.25) is 0 Å². The van der Waals surface area contributed by atoms with Crippen molar-refractivity contribution in [1.29, 1.82) is 0 Å². The van der Waals surface area contributed by atoms with Gasteiger partial charge in [0.15, 0.2) is 0 Å².